The second-order valence-corrected chi connectivity index (χ2v) is 8.15. The maximum atomic E-state index is 11.9. The van der Waals surface area contributed by atoms with Crippen LogP contribution in [0.2, 0.25) is 0 Å². The van der Waals surface area contributed by atoms with Crippen molar-refractivity contribution in [2.45, 2.75) is 81.9 Å². The summed E-state index contributed by atoms with van der Waals surface area (Å²) in [6.45, 7) is 1.02. The largest absolute Gasteiger partial charge is 0.375 e. The van der Waals surface area contributed by atoms with Crippen LogP contribution in [0.4, 0.5) is 0 Å². The van der Waals surface area contributed by atoms with Gasteiger partial charge in [0, 0.05) is 32.8 Å². The molecule has 1 unspecified atom stereocenters. The van der Waals surface area contributed by atoms with Crippen LogP contribution in [0.1, 0.15) is 64.2 Å². The number of amides is 1. The van der Waals surface area contributed by atoms with E-state index < -0.39 is 0 Å². The molecule has 1 atom stereocenters. The molecule has 1 aliphatic heterocycles. The van der Waals surface area contributed by atoms with Gasteiger partial charge in [0.15, 0.2) is 5.96 Å². The molecule has 142 valence electrons. The van der Waals surface area contributed by atoms with E-state index in [2.05, 4.69) is 15.6 Å². The van der Waals surface area contributed by atoms with Gasteiger partial charge in [-0.2, -0.15) is 0 Å². The molecule has 0 aromatic heterocycles. The van der Waals surface area contributed by atoms with Crippen molar-refractivity contribution < 1.29 is 9.53 Å². The highest BCUT2D eigenvalue weighted by atomic mass is 16.5. The number of carbonyl (C=O) groups is 1. The number of hydrogen-bond acceptors (Lipinski definition) is 3. The van der Waals surface area contributed by atoms with Crippen molar-refractivity contribution in [1.29, 1.82) is 0 Å². The summed E-state index contributed by atoms with van der Waals surface area (Å²) in [7, 11) is 3.55. The molecule has 1 amide bonds. The molecule has 3 aliphatic rings. The third kappa shape index (κ3) is 5.09. The first kappa shape index (κ1) is 18.5. The number of aliphatic imine (C=N–C) groups is 1. The van der Waals surface area contributed by atoms with Gasteiger partial charge in [-0.15, -0.1) is 0 Å². The molecule has 0 bridgehead atoms. The Morgan fingerprint density at radius 2 is 1.80 bits per heavy atom. The lowest BCUT2D eigenvalue weighted by Gasteiger charge is -2.47. The van der Waals surface area contributed by atoms with Crippen LogP contribution < -0.4 is 10.6 Å². The molecule has 0 aromatic rings. The summed E-state index contributed by atoms with van der Waals surface area (Å²) in [5.74, 6) is 0.843. The highest BCUT2D eigenvalue weighted by Gasteiger charge is 2.42. The average Bonchev–Trinajstić information content (AvgIpc) is 2.59. The van der Waals surface area contributed by atoms with E-state index >= 15 is 0 Å². The molecule has 2 saturated carbocycles. The topological polar surface area (TPSA) is 66.0 Å². The quantitative estimate of drug-likeness (QED) is 0.601. The fraction of sp³-hybridized carbons (Fsp3) is 0.895. The first-order valence-corrected chi connectivity index (χ1v) is 9.98. The average molecular weight is 351 g/mol. The minimum Gasteiger partial charge on any atom is -0.375 e. The number of nitrogens with zero attached hydrogens (tertiary/aromatic N) is 2. The van der Waals surface area contributed by atoms with Gasteiger partial charge >= 0.3 is 0 Å². The molecular weight excluding hydrogens is 316 g/mol. The third-order valence-corrected chi connectivity index (χ3v) is 5.92. The van der Waals surface area contributed by atoms with Crippen molar-refractivity contribution in [3.8, 4) is 0 Å². The highest BCUT2D eigenvalue weighted by molar-refractivity contribution is 5.85. The zero-order chi connectivity index (χ0) is 17.7. The molecule has 3 fully saturated rings. The molecule has 0 radical (unpaired) electrons. The summed E-state index contributed by atoms with van der Waals surface area (Å²) < 4.78 is 6.03. The standard InChI is InChI=1S/C19H34N4O2/c1-23(2)17(24)14-20-18(21-15-7-4-3-5-8-15)22-16-9-12-25-19(13-16)10-6-11-19/h15-16H,3-14H2,1-2H3,(H2,20,21,22). The Kier molecular flexibility index (Phi) is 6.20. The van der Waals surface area contributed by atoms with Gasteiger partial charge < -0.3 is 20.3 Å². The number of carbonyl (C=O) groups excluding carboxylic acids is 1. The minimum atomic E-state index is 0.0344. The summed E-state index contributed by atoms with van der Waals surface area (Å²) in [6, 6.07) is 0.866. The van der Waals surface area contributed by atoms with Crippen LogP contribution >= 0.6 is 0 Å². The van der Waals surface area contributed by atoms with Gasteiger partial charge in [-0.1, -0.05) is 19.3 Å². The Morgan fingerprint density at radius 3 is 2.44 bits per heavy atom. The fourth-order valence-corrected chi connectivity index (χ4v) is 4.13. The highest BCUT2D eigenvalue weighted by Crippen LogP contribution is 2.42. The van der Waals surface area contributed by atoms with Gasteiger partial charge in [0.05, 0.1) is 5.60 Å². The van der Waals surface area contributed by atoms with E-state index in [4.69, 9.17) is 4.74 Å². The van der Waals surface area contributed by atoms with Gasteiger partial charge in [-0.3, -0.25) is 4.79 Å². The van der Waals surface area contributed by atoms with Crippen molar-refractivity contribution in [2.24, 2.45) is 4.99 Å². The SMILES string of the molecule is CN(C)C(=O)CN=C(NC1CCCCC1)NC1CCOC2(CCC2)C1. The van der Waals surface area contributed by atoms with E-state index in [1.807, 2.05) is 0 Å². The van der Waals surface area contributed by atoms with Gasteiger partial charge in [-0.05, 0) is 44.9 Å². The van der Waals surface area contributed by atoms with Crippen LogP contribution in [-0.4, -0.2) is 61.7 Å². The summed E-state index contributed by atoms with van der Waals surface area (Å²) in [5.41, 5.74) is 0.116. The molecule has 1 heterocycles. The Hall–Kier alpha value is -1.30. The van der Waals surface area contributed by atoms with Crippen molar-refractivity contribution in [3.05, 3.63) is 0 Å². The van der Waals surface area contributed by atoms with E-state index in [0.717, 1.165) is 25.4 Å². The van der Waals surface area contributed by atoms with E-state index in [1.54, 1.807) is 19.0 Å². The third-order valence-electron chi connectivity index (χ3n) is 5.92. The van der Waals surface area contributed by atoms with Crippen molar-refractivity contribution in [3.63, 3.8) is 0 Å². The zero-order valence-electron chi connectivity index (χ0n) is 15.9. The van der Waals surface area contributed by atoms with Crippen LogP contribution in [0.15, 0.2) is 4.99 Å². The predicted octanol–water partition coefficient (Wildman–Crippen LogP) is 2.04. The van der Waals surface area contributed by atoms with Crippen LogP contribution in [0.25, 0.3) is 0 Å². The van der Waals surface area contributed by atoms with Gasteiger partial charge in [0.25, 0.3) is 0 Å². The van der Waals surface area contributed by atoms with E-state index in [9.17, 15) is 4.79 Å². The fourth-order valence-electron chi connectivity index (χ4n) is 4.13. The molecule has 1 spiro atoms. The predicted molar refractivity (Wildman–Crippen MR) is 99.7 cm³/mol. The van der Waals surface area contributed by atoms with Crippen molar-refractivity contribution in [1.82, 2.24) is 15.5 Å². The Balaban J connectivity index is 1.60. The molecule has 2 N–H and O–H groups in total. The van der Waals surface area contributed by atoms with Crippen LogP contribution in [-0.2, 0) is 9.53 Å². The van der Waals surface area contributed by atoms with Crippen LogP contribution in [0.3, 0.4) is 0 Å². The van der Waals surface area contributed by atoms with E-state index in [-0.39, 0.29) is 18.1 Å². The number of hydrogen-bond donors (Lipinski definition) is 2. The number of nitrogens with one attached hydrogen (secondary N) is 2. The second-order valence-electron chi connectivity index (χ2n) is 8.15. The maximum absolute atomic E-state index is 11.9. The summed E-state index contributed by atoms with van der Waals surface area (Å²) in [6.07, 6.45) is 12.0. The molecule has 3 rings (SSSR count). The zero-order valence-corrected chi connectivity index (χ0v) is 15.9. The van der Waals surface area contributed by atoms with Crippen LogP contribution in [0.5, 0.6) is 0 Å². The molecular formula is C19H34N4O2. The van der Waals surface area contributed by atoms with Crippen molar-refractivity contribution in [2.75, 3.05) is 27.2 Å². The normalized spacial score (nSPS) is 26.8. The Morgan fingerprint density at radius 1 is 1.08 bits per heavy atom. The van der Waals surface area contributed by atoms with E-state index in [0.29, 0.717) is 12.1 Å². The molecule has 6 nitrogen and oxygen atoms in total. The molecule has 25 heavy (non-hydrogen) atoms. The van der Waals surface area contributed by atoms with Gasteiger partial charge in [0.1, 0.15) is 6.54 Å². The number of likely N-dealkylation sites (N-methyl/N-ethyl adjacent to an activating group) is 1. The minimum absolute atomic E-state index is 0.0344. The number of guanidine groups is 1. The molecule has 1 saturated heterocycles. The maximum Gasteiger partial charge on any atom is 0.243 e. The van der Waals surface area contributed by atoms with Crippen LogP contribution in [0, 0.1) is 0 Å². The van der Waals surface area contributed by atoms with E-state index in [1.165, 1.54) is 51.4 Å². The lowest BCUT2D eigenvalue weighted by Crippen LogP contribution is -2.55. The first-order chi connectivity index (χ1) is 12.1. The van der Waals surface area contributed by atoms with Gasteiger partial charge in [-0.25, -0.2) is 4.99 Å². The lowest BCUT2D eigenvalue weighted by molar-refractivity contribution is -0.134. The number of rotatable bonds is 4. The Bertz CT molecular complexity index is 482. The first-order valence-electron chi connectivity index (χ1n) is 9.98. The summed E-state index contributed by atoms with van der Waals surface area (Å²) in [5, 5.41) is 7.20. The monoisotopic (exact) mass is 350 g/mol. The number of ether oxygens (including phenoxy) is 1. The second kappa shape index (κ2) is 8.39. The molecule has 2 aliphatic carbocycles. The summed E-state index contributed by atoms with van der Waals surface area (Å²) in [4.78, 5) is 18.1. The molecule has 6 heteroatoms. The molecule has 0 aromatic carbocycles. The smallest absolute Gasteiger partial charge is 0.243 e. The van der Waals surface area contributed by atoms with Crippen molar-refractivity contribution >= 4 is 11.9 Å². The lowest BCUT2D eigenvalue weighted by atomic mass is 9.74. The Labute approximate surface area is 151 Å². The van der Waals surface area contributed by atoms with Gasteiger partial charge in [0.2, 0.25) is 5.91 Å². The summed E-state index contributed by atoms with van der Waals surface area (Å²) >= 11 is 0.